The van der Waals surface area contributed by atoms with E-state index in [0.29, 0.717) is 29.2 Å². The Hall–Kier alpha value is -4.80. The molecule has 0 bridgehead atoms. The van der Waals surface area contributed by atoms with Gasteiger partial charge in [0.25, 0.3) is 5.91 Å². The lowest BCUT2D eigenvalue weighted by atomic mass is 9.97. The highest BCUT2D eigenvalue weighted by Crippen LogP contribution is 2.40. The van der Waals surface area contributed by atoms with Gasteiger partial charge in [-0.15, -0.1) is 11.8 Å². The van der Waals surface area contributed by atoms with Crippen LogP contribution in [-0.4, -0.2) is 38.9 Å². The van der Waals surface area contributed by atoms with Gasteiger partial charge in [-0.2, -0.15) is 0 Å². The highest BCUT2D eigenvalue weighted by molar-refractivity contribution is 7.99. The SMILES string of the molecule is O=C(NCc1ccccc1-c1ccc([C@@H]2O[C@H](CSc3ccccc3C(=O)O)C[C@H](c3ccc(CO)cc3)O2)cc1)c1cccnc1. The lowest BCUT2D eigenvalue weighted by Crippen LogP contribution is -2.31. The van der Waals surface area contributed by atoms with Crippen molar-refractivity contribution in [2.45, 2.75) is 43.0 Å². The molecule has 1 amide bonds. The summed E-state index contributed by atoms with van der Waals surface area (Å²) in [5.74, 6) is -0.598. The fraction of sp³-hybridized carbons (Fsp3) is 0.184. The number of carboxylic acid groups (broad SMARTS) is 1. The van der Waals surface area contributed by atoms with E-state index in [-0.39, 0.29) is 30.3 Å². The normalized spacial score (nSPS) is 17.6. The average molecular weight is 647 g/mol. The number of hydrogen-bond acceptors (Lipinski definition) is 7. The second kappa shape index (κ2) is 15.2. The second-order valence-electron chi connectivity index (χ2n) is 11.2. The van der Waals surface area contributed by atoms with Gasteiger partial charge >= 0.3 is 5.97 Å². The molecule has 1 fully saturated rings. The maximum absolute atomic E-state index is 12.6. The number of carbonyl (C=O) groups excluding carboxylic acids is 1. The van der Waals surface area contributed by atoms with Crippen LogP contribution < -0.4 is 5.32 Å². The van der Waals surface area contributed by atoms with Crippen LogP contribution in [0.25, 0.3) is 11.1 Å². The first-order valence-electron chi connectivity index (χ1n) is 15.3. The van der Waals surface area contributed by atoms with Crippen molar-refractivity contribution >= 4 is 23.6 Å². The molecule has 1 aliphatic heterocycles. The molecule has 0 aliphatic carbocycles. The number of aromatic carboxylic acids is 1. The Morgan fingerprint density at radius 1 is 0.851 bits per heavy atom. The van der Waals surface area contributed by atoms with Crippen LogP contribution in [0.1, 0.15) is 61.8 Å². The molecule has 4 aromatic carbocycles. The van der Waals surface area contributed by atoms with E-state index in [1.807, 2.05) is 84.9 Å². The zero-order chi connectivity index (χ0) is 32.6. The third kappa shape index (κ3) is 7.96. The van der Waals surface area contributed by atoms with E-state index in [0.717, 1.165) is 33.4 Å². The number of pyridine rings is 1. The van der Waals surface area contributed by atoms with Gasteiger partial charge in [0.2, 0.25) is 0 Å². The molecule has 47 heavy (non-hydrogen) atoms. The molecule has 9 heteroatoms. The second-order valence-corrected chi connectivity index (χ2v) is 12.2. The number of aromatic nitrogens is 1. The van der Waals surface area contributed by atoms with Crippen LogP contribution in [-0.2, 0) is 22.6 Å². The van der Waals surface area contributed by atoms with Gasteiger partial charge < -0.3 is 25.0 Å². The molecule has 0 spiro atoms. The Morgan fingerprint density at radius 2 is 1.60 bits per heavy atom. The van der Waals surface area contributed by atoms with E-state index < -0.39 is 12.3 Å². The lowest BCUT2D eigenvalue weighted by Gasteiger charge is -2.36. The Morgan fingerprint density at radius 3 is 2.34 bits per heavy atom. The minimum atomic E-state index is -0.960. The molecule has 1 aromatic heterocycles. The monoisotopic (exact) mass is 646 g/mol. The molecule has 1 saturated heterocycles. The van der Waals surface area contributed by atoms with Gasteiger partial charge in [-0.3, -0.25) is 9.78 Å². The first-order valence-corrected chi connectivity index (χ1v) is 16.3. The maximum atomic E-state index is 12.6. The number of hydrogen-bond donors (Lipinski definition) is 3. The summed E-state index contributed by atoms with van der Waals surface area (Å²) < 4.78 is 13.0. The summed E-state index contributed by atoms with van der Waals surface area (Å²) in [6.45, 7) is 0.327. The van der Waals surface area contributed by atoms with Crippen molar-refractivity contribution in [1.29, 1.82) is 0 Å². The summed E-state index contributed by atoms with van der Waals surface area (Å²) in [5.41, 5.74) is 6.41. The predicted octanol–water partition coefficient (Wildman–Crippen LogP) is 7.21. The van der Waals surface area contributed by atoms with Crippen molar-refractivity contribution in [1.82, 2.24) is 10.3 Å². The fourth-order valence-electron chi connectivity index (χ4n) is 5.53. The number of ether oxygens (including phenoxy) is 2. The topological polar surface area (TPSA) is 118 Å². The van der Waals surface area contributed by atoms with Crippen LogP contribution in [0.3, 0.4) is 0 Å². The van der Waals surface area contributed by atoms with E-state index in [1.54, 1.807) is 36.7 Å². The van der Waals surface area contributed by atoms with Crippen LogP contribution >= 0.6 is 11.8 Å². The molecule has 3 atom stereocenters. The molecule has 0 saturated carbocycles. The minimum Gasteiger partial charge on any atom is -0.478 e. The molecule has 5 aromatic rings. The summed E-state index contributed by atoms with van der Waals surface area (Å²) in [5, 5.41) is 22.2. The molecule has 6 rings (SSSR count). The molecule has 0 radical (unpaired) electrons. The fourth-order valence-corrected chi connectivity index (χ4v) is 6.59. The number of amides is 1. The van der Waals surface area contributed by atoms with Crippen LogP contribution in [0.5, 0.6) is 0 Å². The van der Waals surface area contributed by atoms with Gasteiger partial charge in [-0.25, -0.2) is 4.79 Å². The first kappa shape index (κ1) is 32.2. The van der Waals surface area contributed by atoms with E-state index in [1.165, 1.54) is 11.8 Å². The van der Waals surface area contributed by atoms with Crippen molar-refractivity contribution < 1.29 is 29.3 Å². The number of benzene rings is 4. The molecular weight excluding hydrogens is 612 g/mol. The van der Waals surface area contributed by atoms with Gasteiger partial charge in [0.1, 0.15) is 0 Å². The molecular formula is C38H34N2O6S. The lowest BCUT2D eigenvalue weighted by molar-refractivity contribution is -0.245. The number of rotatable bonds is 11. The van der Waals surface area contributed by atoms with Crippen molar-refractivity contribution in [3.05, 3.63) is 155 Å². The third-order valence-electron chi connectivity index (χ3n) is 8.03. The number of aliphatic hydroxyl groups is 1. The first-order chi connectivity index (χ1) is 23.0. The smallest absolute Gasteiger partial charge is 0.336 e. The van der Waals surface area contributed by atoms with Crippen molar-refractivity contribution in [3.63, 3.8) is 0 Å². The Bertz CT molecular complexity index is 1820. The predicted molar refractivity (Wildman–Crippen MR) is 180 cm³/mol. The average Bonchev–Trinajstić information content (AvgIpc) is 3.13. The van der Waals surface area contributed by atoms with E-state index in [4.69, 9.17) is 9.47 Å². The Kier molecular flexibility index (Phi) is 10.4. The van der Waals surface area contributed by atoms with Crippen LogP contribution in [0.2, 0.25) is 0 Å². The highest BCUT2D eigenvalue weighted by atomic mass is 32.2. The quantitative estimate of drug-likeness (QED) is 0.129. The van der Waals surface area contributed by atoms with Crippen LogP contribution in [0.4, 0.5) is 0 Å². The number of nitrogens with zero attached hydrogens (tertiary/aromatic N) is 1. The Balaban J connectivity index is 1.20. The Labute approximate surface area is 277 Å². The largest absolute Gasteiger partial charge is 0.478 e. The zero-order valence-corrected chi connectivity index (χ0v) is 26.3. The number of nitrogens with one attached hydrogen (secondary N) is 1. The van der Waals surface area contributed by atoms with Gasteiger partial charge in [-0.1, -0.05) is 84.9 Å². The maximum Gasteiger partial charge on any atom is 0.336 e. The summed E-state index contributed by atoms with van der Waals surface area (Å²) in [6.07, 6.45) is 2.65. The molecule has 1 aliphatic rings. The van der Waals surface area contributed by atoms with E-state index in [9.17, 15) is 19.8 Å². The third-order valence-corrected chi connectivity index (χ3v) is 9.24. The minimum absolute atomic E-state index is 0.0356. The van der Waals surface area contributed by atoms with Gasteiger partial charge in [-0.05, 0) is 52.1 Å². The number of aliphatic hydroxyl groups excluding tert-OH is 1. The van der Waals surface area contributed by atoms with E-state index >= 15 is 0 Å². The zero-order valence-electron chi connectivity index (χ0n) is 25.5. The van der Waals surface area contributed by atoms with Gasteiger partial charge in [0, 0.05) is 41.6 Å². The number of carbonyl (C=O) groups is 2. The summed E-state index contributed by atoms with van der Waals surface area (Å²) in [6, 6.07) is 34.2. The summed E-state index contributed by atoms with van der Waals surface area (Å²) >= 11 is 1.46. The van der Waals surface area contributed by atoms with Crippen LogP contribution in [0.15, 0.2) is 126 Å². The molecule has 8 nitrogen and oxygen atoms in total. The van der Waals surface area contributed by atoms with Gasteiger partial charge in [0.05, 0.1) is 29.9 Å². The van der Waals surface area contributed by atoms with Crippen LogP contribution in [0, 0.1) is 0 Å². The highest BCUT2D eigenvalue weighted by Gasteiger charge is 2.32. The summed E-state index contributed by atoms with van der Waals surface area (Å²) in [7, 11) is 0. The van der Waals surface area contributed by atoms with Gasteiger partial charge in [0.15, 0.2) is 6.29 Å². The molecule has 238 valence electrons. The molecule has 0 unspecified atom stereocenters. The van der Waals surface area contributed by atoms with E-state index in [2.05, 4.69) is 10.3 Å². The number of thioether (sulfide) groups is 1. The summed E-state index contributed by atoms with van der Waals surface area (Å²) in [4.78, 5) is 29.1. The van der Waals surface area contributed by atoms with Crippen molar-refractivity contribution in [3.8, 4) is 11.1 Å². The standard InChI is InChI=1S/C38H34N2O6S/c41-23-25-11-13-27(14-12-25)34-20-31(24-47-35-10-4-3-9-33(35)37(43)44)45-38(46-34)28-17-15-26(16-18-28)32-8-2-1-6-29(32)22-40-36(42)30-7-5-19-39-21-30/h1-19,21,31,34,38,41H,20,22-24H2,(H,40,42)(H,43,44)/t31-,34+,38+/m0/s1. The molecule has 3 N–H and O–H groups in total. The molecule has 2 heterocycles. The number of carboxylic acids is 1. The van der Waals surface area contributed by atoms with Crippen molar-refractivity contribution in [2.75, 3.05) is 5.75 Å². The van der Waals surface area contributed by atoms with Crippen molar-refractivity contribution in [2.24, 2.45) is 0 Å².